The molecule has 0 aromatic rings. The summed E-state index contributed by atoms with van der Waals surface area (Å²) in [5, 5.41) is 3.55. The van der Waals surface area contributed by atoms with Crippen LogP contribution in [0.3, 0.4) is 0 Å². The molecule has 0 radical (unpaired) electrons. The number of hydrogen-bond donors (Lipinski definition) is 1. The molecular formula is C14H30N2O2S. The Kier molecular flexibility index (Phi) is 7.32. The van der Waals surface area contributed by atoms with Crippen molar-refractivity contribution in [2.24, 2.45) is 0 Å². The molecule has 0 bridgehead atoms. The molecule has 0 aliphatic carbocycles. The fraction of sp³-hybridized carbons (Fsp3) is 1.00. The van der Waals surface area contributed by atoms with Crippen molar-refractivity contribution in [3.05, 3.63) is 0 Å². The molecule has 114 valence electrons. The minimum absolute atomic E-state index is 0.259. The Labute approximate surface area is 118 Å². The summed E-state index contributed by atoms with van der Waals surface area (Å²) in [4.78, 5) is 2.38. The number of nitrogens with one attached hydrogen (secondary N) is 1. The highest BCUT2D eigenvalue weighted by molar-refractivity contribution is 7.91. The molecule has 1 aliphatic rings. The van der Waals surface area contributed by atoms with Gasteiger partial charge in [-0.25, -0.2) is 8.42 Å². The van der Waals surface area contributed by atoms with E-state index < -0.39 is 9.84 Å². The SMILES string of the molecule is CCCNC(C)C1CCCCN1CCS(=O)(=O)CC. The van der Waals surface area contributed by atoms with Crippen LogP contribution in [-0.4, -0.2) is 56.5 Å². The lowest BCUT2D eigenvalue weighted by Crippen LogP contribution is -2.52. The van der Waals surface area contributed by atoms with Crippen LogP contribution >= 0.6 is 0 Å². The Balaban J connectivity index is 2.52. The van der Waals surface area contributed by atoms with Gasteiger partial charge in [0.25, 0.3) is 0 Å². The number of sulfone groups is 1. The third kappa shape index (κ3) is 5.79. The second kappa shape index (κ2) is 8.22. The van der Waals surface area contributed by atoms with E-state index >= 15 is 0 Å². The second-order valence-corrected chi connectivity index (χ2v) is 8.05. The van der Waals surface area contributed by atoms with Gasteiger partial charge in [0.15, 0.2) is 9.84 Å². The highest BCUT2D eigenvalue weighted by atomic mass is 32.2. The average molecular weight is 290 g/mol. The van der Waals surface area contributed by atoms with E-state index in [1.807, 2.05) is 0 Å². The van der Waals surface area contributed by atoms with Crippen LogP contribution in [0.2, 0.25) is 0 Å². The van der Waals surface area contributed by atoms with Crippen LogP contribution in [0.5, 0.6) is 0 Å². The van der Waals surface area contributed by atoms with Crippen molar-refractivity contribution in [1.82, 2.24) is 10.2 Å². The maximum atomic E-state index is 11.6. The molecule has 0 spiro atoms. The lowest BCUT2D eigenvalue weighted by molar-refractivity contribution is 0.127. The Bertz CT molecular complexity index is 343. The molecule has 19 heavy (non-hydrogen) atoms. The Morgan fingerprint density at radius 1 is 1.32 bits per heavy atom. The number of piperidine rings is 1. The molecule has 1 heterocycles. The van der Waals surface area contributed by atoms with Crippen molar-refractivity contribution >= 4 is 9.84 Å². The van der Waals surface area contributed by atoms with E-state index in [1.54, 1.807) is 6.92 Å². The van der Waals surface area contributed by atoms with E-state index in [1.165, 1.54) is 19.3 Å². The Morgan fingerprint density at radius 2 is 2.05 bits per heavy atom. The van der Waals surface area contributed by atoms with Gasteiger partial charge in [-0.05, 0) is 39.3 Å². The van der Waals surface area contributed by atoms with E-state index in [2.05, 4.69) is 24.1 Å². The molecule has 0 saturated carbocycles. The predicted molar refractivity (Wildman–Crippen MR) is 81.3 cm³/mol. The standard InChI is InChI=1S/C14H30N2O2S/c1-4-9-15-13(3)14-8-6-7-10-16(14)11-12-19(17,18)5-2/h13-15H,4-12H2,1-3H3. The second-order valence-electron chi connectivity index (χ2n) is 5.58. The molecule has 2 unspecified atom stereocenters. The van der Waals surface area contributed by atoms with Gasteiger partial charge >= 0.3 is 0 Å². The smallest absolute Gasteiger partial charge is 0.151 e. The first-order valence-corrected chi connectivity index (χ1v) is 9.50. The number of nitrogens with zero attached hydrogens (tertiary/aromatic N) is 1. The van der Waals surface area contributed by atoms with Crippen LogP contribution in [-0.2, 0) is 9.84 Å². The van der Waals surface area contributed by atoms with Crippen LogP contribution in [0.15, 0.2) is 0 Å². The molecule has 1 fully saturated rings. The maximum Gasteiger partial charge on any atom is 0.151 e. The number of rotatable bonds is 8. The molecule has 2 atom stereocenters. The molecular weight excluding hydrogens is 260 g/mol. The molecule has 0 aromatic carbocycles. The van der Waals surface area contributed by atoms with Gasteiger partial charge in [0.2, 0.25) is 0 Å². The number of likely N-dealkylation sites (tertiary alicyclic amines) is 1. The van der Waals surface area contributed by atoms with Crippen molar-refractivity contribution in [1.29, 1.82) is 0 Å². The van der Waals surface area contributed by atoms with Crippen LogP contribution in [0.1, 0.15) is 46.5 Å². The maximum absolute atomic E-state index is 11.6. The fourth-order valence-corrected chi connectivity index (χ4v) is 3.57. The minimum atomic E-state index is -2.85. The van der Waals surface area contributed by atoms with Gasteiger partial charge in [-0.1, -0.05) is 20.3 Å². The fourth-order valence-electron chi connectivity index (χ4n) is 2.77. The molecule has 1 N–H and O–H groups in total. The summed E-state index contributed by atoms with van der Waals surface area (Å²) in [7, 11) is -2.85. The quantitative estimate of drug-likeness (QED) is 0.739. The summed E-state index contributed by atoms with van der Waals surface area (Å²) in [5.74, 6) is 0.565. The van der Waals surface area contributed by atoms with Crippen LogP contribution in [0.4, 0.5) is 0 Å². The largest absolute Gasteiger partial charge is 0.313 e. The van der Waals surface area contributed by atoms with Crippen molar-refractivity contribution in [2.45, 2.75) is 58.5 Å². The van der Waals surface area contributed by atoms with Crippen LogP contribution in [0.25, 0.3) is 0 Å². The summed E-state index contributed by atoms with van der Waals surface area (Å²) in [6.07, 6.45) is 4.79. The minimum Gasteiger partial charge on any atom is -0.313 e. The lowest BCUT2D eigenvalue weighted by atomic mass is 9.96. The first kappa shape index (κ1) is 16.9. The predicted octanol–water partition coefficient (Wildman–Crippen LogP) is 1.66. The monoisotopic (exact) mass is 290 g/mol. The molecule has 1 saturated heterocycles. The summed E-state index contributed by atoms with van der Waals surface area (Å²) in [6, 6.07) is 0.942. The average Bonchev–Trinajstić information content (AvgIpc) is 2.43. The first-order chi connectivity index (χ1) is 9.00. The third-order valence-electron chi connectivity index (χ3n) is 4.09. The molecule has 5 heteroatoms. The number of hydrogen-bond acceptors (Lipinski definition) is 4. The Hall–Kier alpha value is -0.130. The summed E-state index contributed by atoms with van der Waals surface area (Å²) < 4.78 is 23.3. The van der Waals surface area contributed by atoms with Gasteiger partial charge in [-0.2, -0.15) is 0 Å². The molecule has 4 nitrogen and oxygen atoms in total. The molecule has 1 aliphatic heterocycles. The van der Waals surface area contributed by atoms with Crippen LogP contribution < -0.4 is 5.32 Å². The summed E-state index contributed by atoms with van der Waals surface area (Å²) >= 11 is 0. The van der Waals surface area contributed by atoms with Crippen LogP contribution in [0, 0.1) is 0 Å². The topological polar surface area (TPSA) is 49.4 Å². The van der Waals surface area contributed by atoms with Crippen molar-refractivity contribution < 1.29 is 8.42 Å². The third-order valence-corrected chi connectivity index (χ3v) is 5.77. The lowest BCUT2D eigenvalue weighted by Gasteiger charge is -2.39. The van der Waals surface area contributed by atoms with Gasteiger partial charge in [-0.15, -0.1) is 0 Å². The van der Waals surface area contributed by atoms with E-state index in [0.717, 1.165) is 19.5 Å². The van der Waals surface area contributed by atoms with E-state index in [0.29, 0.717) is 24.4 Å². The van der Waals surface area contributed by atoms with E-state index in [-0.39, 0.29) is 5.75 Å². The van der Waals surface area contributed by atoms with E-state index in [9.17, 15) is 8.42 Å². The zero-order valence-corrected chi connectivity index (χ0v) is 13.5. The van der Waals surface area contributed by atoms with Crippen molar-refractivity contribution in [2.75, 3.05) is 31.1 Å². The highest BCUT2D eigenvalue weighted by Crippen LogP contribution is 2.19. The molecule has 0 aromatic heterocycles. The van der Waals surface area contributed by atoms with Gasteiger partial charge in [-0.3, -0.25) is 4.90 Å². The zero-order chi connectivity index (χ0) is 14.3. The normalized spacial score (nSPS) is 23.4. The van der Waals surface area contributed by atoms with Gasteiger partial charge in [0, 0.05) is 24.4 Å². The molecule has 0 amide bonds. The van der Waals surface area contributed by atoms with Crippen molar-refractivity contribution in [3.8, 4) is 0 Å². The highest BCUT2D eigenvalue weighted by Gasteiger charge is 2.27. The van der Waals surface area contributed by atoms with Gasteiger partial charge in [0.1, 0.15) is 0 Å². The van der Waals surface area contributed by atoms with Gasteiger partial charge < -0.3 is 5.32 Å². The summed E-state index contributed by atoms with van der Waals surface area (Å²) in [6.45, 7) is 8.91. The Morgan fingerprint density at radius 3 is 2.68 bits per heavy atom. The van der Waals surface area contributed by atoms with Crippen molar-refractivity contribution in [3.63, 3.8) is 0 Å². The zero-order valence-electron chi connectivity index (χ0n) is 12.7. The summed E-state index contributed by atoms with van der Waals surface area (Å²) in [5.41, 5.74) is 0. The molecule has 1 rings (SSSR count). The first-order valence-electron chi connectivity index (χ1n) is 7.68. The van der Waals surface area contributed by atoms with E-state index in [4.69, 9.17) is 0 Å². The van der Waals surface area contributed by atoms with Gasteiger partial charge in [0.05, 0.1) is 5.75 Å².